The molecule has 2 aromatic rings. The summed E-state index contributed by atoms with van der Waals surface area (Å²) in [5.74, 6) is -0.362. The number of nitrogens with zero attached hydrogens (tertiary/aromatic N) is 1. The fourth-order valence-corrected chi connectivity index (χ4v) is 3.96. The molecule has 1 aliphatic heterocycles. The van der Waals surface area contributed by atoms with E-state index in [2.05, 4.69) is 0 Å². The molecule has 31 heavy (non-hydrogen) atoms. The van der Waals surface area contributed by atoms with Gasteiger partial charge in [0, 0.05) is 24.3 Å². The number of carbonyl (C=O) groups excluding carboxylic acids is 1. The van der Waals surface area contributed by atoms with Gasteiger partial charge >= 0.3 is 0 Å². The number of nitro benzene ring substituents is 1. The van der Waals surface area contributed by atoms with Crippen molar-refractivity contribution in [2.24, 2.45) is 0 Å². The number of ketones is 1. The van der Waals surface area contributed by atoms with Gasteiger partial charge in [0.15, 0.2) is 6.79 Å². The summed E-state index contributed by atoms with van der Waals surface area (Å²) in [6, 6.07) is 11.4. The third-order valence-corrected chi connectivity index (χ3v) is 5.20. The second kappa shape index (κ2) is 8.61. The van der Waals surface area contributed by atoms with Crippen molar-refractivity contribution in [3.63, 3.8) is 0 Å². The third-order valence-electron chi connectivity index (χ3n) is 5.20. The molecule has 0 N–H and O–H groups in total. The molecule has 1 fully saturated rings. The van der Waals surface area contributed by atoms with E-state index in [0.29, 0.717) is 17.5 Å². The lowest BCUT2D eigenvalue weighted by Crippen LogP contribution is -2.26. The Morgan fingerprint density at radius 2 is 1.84 bits per heavy atom. The van der Waals surface area contributed by atoms with E-state index in [1.165, 1.54) is 13.2 Å². The molecule has 7 nitrogen and oxygen atoms in total. The van der Waals surface area contributed by atoms with E-state index < -0.39 is 16.3 Å². The maximum atomic E-state index is 13.3. The number of methoxy groups -OCH3 is 1. The van der Waals surface area contributed by atoms with Crippen LogP contribution in [0, 0.1) is 10.1 Å². The zero-order valence-electron chi connectivity index (χ0n) is 18.4. The normalized spacial score (nSPS) is 18.2. The minimum Gasteiger partial charge on any atom is -0.466 e. The molecule has 0 aromatic heterocycles. The number of hydrogen-bond acceptors (Lipinski definition) is 6. The first-order valence-corrected chi connectivity index (χ1v) is 10.00. The molecule has 0 unspecified atom stereocenters. The number of hydrogen-bond donors (Lipinski definition) is 0. The average Bonchev–Trinajstić information content (AvgIpc) is 2.92. The van der Waals surface area contributed by atoms with E-state index in [4.69, 9.17) is 14.2 Å². The summed E-state index contributed by atoms with van der Waals surface area (Å²) >= 11 is 0. The molecule has 0 saturated carbocycles. The van der Waals surface area contributed by atoms with Gasteiger partial charge in [-0.1, -0.05) is 30.3 Å². The van der Waals surface area contributed by atoms with Gasteiger partial charge in [-0.2, -0.15) is 0 Å². The molecular weight excluding hydrogens is 398 g/mol. The fraction of sp³-hybridized carbons (Fsp3) is 0.375. The predicted molar refractivity (Wildman–Crippen MR) is 117 cm³/mol. The van der Waals surface area contributed by atoms with Gasteiger partial charge in [-0.15, -0.1) is 0 Å². The second-order valence-electron chi connectivity index (χ2n) is 8.60. The second-order valence-corrected chi connectivity index (χ2v) is 8.60. The maximum Gasteiger partial charge on any atom is 0.284 e. The third kappa shape index (κ3) is 4.84. The van der Waals surface area contributed by atoms with Gasteiger partial charge in [-0.05, 0) is 51.8 Å². The van der Waals surface area contributed by atoms with Crippen LogP contribution in [0.5, 0.6) is 5.75 Å². The molecule has 0 spiro atoms. The highest BCUT2D eigenvalue weighted by atomic mass is 16.7. The monoisotopic (exact) mass is 425 g/mol. The van der Waals surface area contributed by atoms with Crippen molar-refractivity contribution in [1.82, 2.24) is 0 Å². The minimum atomic E-state index is -0.571. The lowest BCUT2D eigenvalue weighted by atomic mass is 9.90. The molecule has 2 aromatic carbocycles. The summed E-state index contributed by atoms with van der Waals surface area (Å²) in [5, 5.41) is 11.8. The molecule has 1 heterocycles. The molecule has 0 aliphatic carbocycles. The molecule has 0 atom stereocenters. The zero-order chi connectivity index (χ0) is 22.8. The van der Waals surface area contributed by atoms with Crippen molar-refractivity contribution in [1.29, 1.82) is 0 Å². The van der Waals surface area contributed by atoms with E-state index in [-0.39, 0.29) is 29.4 Å². The SMILES string of the molecule is COCOc1c(C=C2CC(C)(C)OC2(C)C)ccc([N+](=O)[O-])c1C(=O)c1ccccc1. The quantitative estimate of drug-likeness (QED) is 0.263. The standard InChI is InChI=1S/C24H27NO6/c1-23(2)14-18(24(3,4)31-23)13-17-11-12-19(25(27)28)20(22(17)30-15-29-5)21(26)16-9-7-6-8-10-16/h6-13H,14-15H2,1-5H3. The Kier molecular flexibility index (Phi) is 6.29. The van der Waals surface area contributed by atoms with Gasteiger partial charge in [0.05, 0.1) is 16.1 Å². The first kappa shape index (κ1) is 22.7. The van der Waals surface area contributed by atoms with Crippen LogP contribution < -0.4 is 4.74 Å². The summed E-state index contributed by atoms with van der Waals surface area (Å²) in [5.41, 5.74) is 0.629. The van der Waals surface area contributed by atoms with Gasteiger partial charge in [0.25, 0.3) is 5.69 Å². The molecule has 3 rings (SSSR count). The molecule has 1 saturated heterocycles. The van der Waals surface area contributed by atoms with Crippen LogP contribution in [-0.2, 0) is 9.47 Å². The molecule has 0 amide bonds. The summed E-state index contributed by atoms with van der Waals surface area (Å²) in [6.45, 7) is 7.82. The summed E-state index contributed by atoms with van der Waals surface area (Å²) in [4.78, 5) is 24.5. The van der Waals surface area contributed by atoms with Gasteiger partial charge in [0.1, 0.15) is 11.3 Å². The highest BCUT2D eigenvalue weighted by Gasteiger charge is 2.41. The molecule has 0 bridgehead atoms. The van der Waals surface area contributed by atoms with Gasteiger partial charge in [0.2, 0.25) is 5.78 Å². The Labute approximate surface area is 181 Å². The van der Waals surface area contributed by atoms with E-state index in [0.717, 1.165) is 5.57 Å². The lowest BCUT2D eigenvalue weighted by molar-refractivity contribution is -0.385. The highest BCUT2D eigenvalue weighted by Crippen LogP contribution is 2.44. The van der Waals surface area contributed by atoms with Gasteiger partial charge in [-0.3, -0.25) is 14.9 Å². The number of rotatable bonds is 7. The summed E-state index contributed by atoms with van der Waals surface area (Å²) in [7, 11) is 1.45. The van der Waals surface area contributed by atoms with Crippen LogP contribution in [0.2, 0.25) is 0 Å². The number of carbonyl (C=O) groups is 1. The van der Waals surface area contributed by atoms with Crippen molar-refractivity contribution in [2.75, 3.05) is 13.9 Å². The first-order chi connectivity index (χ1) is 14.6. The van der Waals surface area contributed by atoms with Crippen molar-refractivity contribution in [2.45, 2.75) is 45.3 Å². The van der Waals surface area contributed by atoms with Crippen LogP contribution in [0.25, 0.3) is 6.08 Å². The smallest absolute Gasteiger partial charge is 0.284 e. The average molecular weight is 425 g/mol. The van der Waals surface area contributed by atoms with E-state index in [1.807, 2.05) is 33.8 Å². The van der Waals surface area contributed by atoms with Crippen molar-refractivity contribution >= 4 is 17.5 Å². The van der Waals surface area contributed by atoms with Crippen molar-refractivity contribution in [3.05, 3.63) is 74.8 Å². The number of ether oxygens (including phenoxy) is 3. The first-order valence-electron chi connectivity index (χ1n) is 10.00. The van der Waals surface area contributed by atoms with Crippen LogP contribution in [-0.4, -0.2) is 35.8 Å². The number of benzene rings is 2. The summed E-state index contributed by atoms with van der Waals surface area (Å²) < 4.78 is 16.9. The Morgan fingerprint density at radius 1 is 1.16 bits per heavy atom. The van der Waals surface area contributed by atoms with Crippen LogP contribution in [0.3, 0.4) is 0 Å². The molecular formula is C24H27NO6. The maximum absolute atomic E-state index is 13.3. The van der Waals surface area contributed by atoms with Gasteiger partial charge < -0.3 is 14.2 Å². The van der Waals surface area contributed by atoms with E-state index in [9.17, 15) is 14.9 Å². The largest absolute Gasteiger partial charge is 0.466 e. The van der Waals surface area contributed by atoms with Crippen LogP contribution in [0.1, 0.15) is 55.6 Å². The van der Waals surface area contributed by atoms with Crippen molar-refractivity contribution < 1.29 is 23.9 Å². The predicted octanol–water partition coefficient (Wildman–Crippen LogP) is 5.17. The van der Waals surface area contributed by atoms with Gasteiger partial charge in [-0.25, -0.2) is 0 Å². The minimum absolute atomic E-state index is 0.0985. The Balaban J connectivity index is 2.22. The fourth-order valence-electron chi connectivity index (χ4n) is 3.96. The van der Waals surface area contributed by atoms with Crippen LogP contribution >= 0.6 is 0 Å². The topological polar surface area (TPSA) is 87.9 Å². The number of nitro groups is 1. The Bertz CT molecular complexity index is 1020. The molecule has 164 valence electrons. The Hall–Kier alpha value is -3.03. The lowest BCUT2D eigenvalue weighted by Gasteiger charge is -2.24. The zero-order valence-corrected chi connectivity index (χ0v) is 18.4. The molecule has 0 radical (unpaired) electrons. The van der Waals surface area contributed by atoms with Crippen LogP contribution in [0.4, 0.5) is 5.69 Å². The highest BCUT2D eigenvalue weighted by molar-refractivity contribution is 6.14. The summed E-state index contributed by atoms with van der Waals surface area (Å²) in [6.07, 6.45) is 2.58. The van der Waals surface area contributed by atoms with Crippen molar-refractivity contribution in [3.8, 4) is 5.75 Å². The molecule has 7 heteroatoms. The van der Waals surface area contributed by atoms with E-state index >= 15 is 0 Å². The Morgan fingerprint density at radius 3 is 2.39 bits per heavy atom. The van der Waals surface area contributed by atoms with Crippen LogP contribution in [0.15, 0.2) is 48.0 Å². The molecule has 1 aliphatic rings. The van der Waals surface area contributed by atoms with E-state index in [1.54, 1.807) is 36.4 Å².